The van der Waals surface area contributed by atoms with Crippen molar-refractivity contribution >= 4 is 6.03 Å². The van der Waals surface area contributed by atoms with Gasteiger partial charge in [0.15, 0.2) is 0 Å². The summed E-state index contributed by atoms with van der Waals surface area (Å²) >= 11 is 0. The highest BCUT2D eigenvalue weighted by Crippen LogP contribution is 2.16. The standard InChI is InChI=1S/C17H34N4O/c1-15-5-13-21(14-6-15)10-4-3-9-18-17(22)19-16-7-11-20(2)12-8-16/h15-16H,3-14H2,1-2H3,(H2,18,19,22). The van der Waals surface area contributed by atoms with Crippen molar-refractivity contribution in [3.63, 3.8) is 0 Å². The smallest absolute Gasteiger partial charge is 0.315 e. The fourth-order valence-electron chi connectivity index (χ4n) is 3.34. The summed E-state index contributed by atoms with van der Waals surface area (Å²) in [7, 11) is 2.14. The molecule has 5 heteroatoms. The molecule has 2 saturated heterocycles. The molecule has 0 atom stereocenters. The van der Waals surface area contributed by atoms with E-state index in [0.717, 1.165) is 44.8 Å². The van der Waals surface area contributed by atoms with Gasteiger partial charge >= 0.3 is 6.03 Å². The van der Waals surface area contributed by atoms with Crippen LogP contribution in [0.4, 0.5) is 4.79 Å². The monoisotopic (exact) mass is 310 g/mol. The predicted molar refractivity (Wildman–Crippen MR) is 91.1 cm³/mol. The molecular formula is C17H34N4O. The van der Waals surface area contributed by atoms with Gasteiger partial charge in [0.25, 0.3) is 0 Å². The molecule has 0 aromatic rings. The van der Waals surface area contributed by atoms with Crippen molar-refractivity contribution in [3.8, 4) is 0 Å². The second kappa shape index (κ2) is 9.36. The zero-order valence-electron chi connectivity index (χ0n) is 14.4. The molecule has 2 aliphatic rings. The third-order valence-electron chi connectivity index (χ3n) is 5.12. The summed E-state index contributed by atoms with van der Waals surface area (Å²) in [5.41, 5.74) is 0. The van der Waals surface area contributed by atoms with Crippen LogP contribution in [0.15, 0.2) is 0 Å². The fourth-order valence-corrected chi connectivity index (χ4v) is 3.34. The summed E-state index contributed by atoms with van der Waals surface area (Å²) in [6, 6.07) is 0.368. The Labute approximate surface area is 135 Å². The lowest BCUT2D eigenvalue weighted by atomic mass is 9.99. The van der Waals surface area contributed by atoms with E-state index in [1.165, 1.54) is 38.9 Å². The Morgan fingerprint density at radius 3 is 2.41 bits per heavy atom. The van der Waals surface area contributed by atoms with Crippen LogP contribution in [0.2, 0.25) is 0 Å². The number of piperidine rings is 2. The van der Waals surface area contributed by atoms with Crippen LogP contribution in [-0.2, 0) is 0 Å². The second-order valence-corrected chi connectivity index (χ2v) is 7.21. The molecular weight excluding hydrogens is 276 g/mol. The van der Waals surface area contributed by atoms with Gasteiger partial charge in [0, 0.05) is 12.6 Å². The molecule has 5 nitrogen and oxygen atoms in total. The summed E-state index contributed by atoms with van der Waals surface area (Å²) in [5.74, 6) is 0.904. The van der Waals surface area contributed by atoms with Crippen molar-refractivity contribution in [3.05, 3.63) is 0 Å². The molecule has 0 spiro atoms. The van der Waals surface area contributed by atoms with Crippen LogP contribution in [0, 0.1) is 5.92 Å². The van der Waals surface area contributed by atoms with E-state index in [2.05, 4.69) is 34.4 Å². The Morgan fingerprint density at radius 1 is 1.05 bits per heavy atom. The van der Waals surface area contributed by atoms with Crippen LogP contribution in [-0.4, -0.2) is 68.2 Å². The summed E-state index contributed by atoms with van der Waals surface area (Å²) in [6.07, 6.45) is 7.08. The Bertz CT molecular complexity index is 321. The van der Waals surface area contributed by atoms with Crippen LogP contribution in [0.1, 0.15) is 45.4 Å². The number of nitrogens with zero attached hydrogens (tertiary/aromatic N) is 2. The van der Waals surface area contributed by atoms with E-state index in [1.54, 1.807) is 0 Å². The summed E-state index contributed by atoms with van der Waals surface area (Å²) in [6.45, 7) is 9.01. The number of rotatable bonds is 6. The van der Waals surface area contributed by atoms with E-state index in [4.69, 9.17) is 0 Å². The lowest BCUT2D eigenvalue weighted by Gasteiger charge is -2.30. The Hall–Kier alpha value is -0.810. The van der Waals surface area contributed by atoms with Gasteiger partial charge in [-0.2, -0.15) is 0 Å². The van der Waals surface area contributed by atoms with E-state index < -0.39 is 0 Å². The number of amides is 2. The third-order valence-corrected chi connectivity index (χ3v) is 5.12. The van der Waals surface area contributed by atoms with Gasteiger partial charge in [-0.1, -0.05) is 6.92 Å². The van der Waals surface area contributed by atoms with E-state index in [1.807, 2.05) is 0 Å². The van der Waals surface area contributed by atoms with Crippen LogP contribution >= 0.6 is 0 Å². The highest BCUT2D eigenvalue weighted by atomic mass is 16.2. The van der Waals surface area contributed by atoms with Crippen molar-refractivity contribution in [1.82, 2.24) is 20.4 Å². The van der Waals surface area contributed by atoms with Crippen molar-refractivity contribution < 1.29 is 4.79 Å². The lowest BCUT2D eigenvalue weighted by Crippen LogP contribution is -2.47. The average molecular weight is 310 g/mol. The zero-order valence-corrected chi connectivity index (χ0v) is 14.4. The van der Waals surface area contributed by atoms with Crippen LogP contribution in [0.25, 0.3) is 0 Å². The lowest BCUT2D eigenvalue weighted by molar-refractivity contribution is 0.189. The fraction of sp³-hybridized carbons (Fsp3) is 0.941. The predicted octanol–water partition coefficient (Wildman–Crippen LogP) is 1.89. The van der Waals surface area contributed by atoms with E-state index >= 15 is 0 Å². The Kier molecular flexibility index (Phi) is 7.46. The number of carbonyl (C=O) groups is 1. The Morgan fingerprint density at radius 2 is 1.73 bits per heavy atom. The number of carbonyl (C=O) groups excluding carboxylic acids is 1. The largest absolute Gasteiger partial charge is 0.338 e. The minimum Gasteiger partial charge on any atom is -0.338 e. The molecule has 2 fully saturated rings. The molecule has 0 unspecified atom stereocenters. The molecule has 0 aromatic carbocycles. The summed E-state index contributed by atoms with van der Waals surface area (Å²) in [4.78, 5) is 16.7. The van der Waals surface area contributed by atoms with Gasteiger partial charge in [-0.25, -0.2) is 4.79 Å². The van der Waals surface area contributed by atoms with Crippen molar-refractivity contribution in [2.24, 2.45) is 5.92 Å². The number of unbranched alkanes of at least 4 members (excludes halogenated alkanes) is 1. The molecule has 2 heterocycles. The molecule has 2 N–H and O–H groups in total. The number of nitrogens with one attached hydrogen (secondary N) is 2. The highest BCUT2D eigenvalue weighted by Gasteiger charge is 2.18. The van der Waals surface area contributed by atoms with Crippen LogP contribution < -0.4 is 10.6 Å². The van der Waals surface area contributed by atoms with Crippen LogP contribution in [0.3, 0.4) is 0 Å². The maximum Gasteiger partial charge on any atom is 0.315 e. The number of hydrogen-bond donors (Lipinski definition) is 2. The normalized spacial score (nSPS) is 22.6. The quantitative estimate of drug-likeness (QED) is 0.737. The first kappa shape index (κ1) is 17.5. The number of hydrogen-bond acceptors (Lipinski definition) is 3. The van der Waals surface area contributed by atoms with E-state index in [-0.39, 0.29) is 6.03 Å². The first-order valence-electron chi connectivity index (χ1n) is 9.09. The molecule has 22 heavy (non-hydrogen) atoms. The molecule has 2 amide bonds. The van der Waals surface area contributed by atoms with E-state index in [0.29, 0.717) is 6.04 Å². The molecule has 0 saturated carbocycles. The number of likely N-dealkylation sites (tertiary alicyclic amines) is 2. The summed E-state index contributed by atoms with van der Waals surface area (Å²) in [5, 5.41) is 6.10. The Balaban J connectivity index is 1.45. The van der Waals surface area contributed by atoms with Gasteiger partial charge in [0.1, 0.15) is 0 Å². The van der Waals surface area contributed by atoms with Crippen molar-refractivity contribution in [2.45, 2.75) is 51.5 Å². The van der Waals surface area contributed by atoms with Gasteiger partial charge < -0.3 is 20.4 Å². The maximum atomic E-state index is 11.8. The molecule has 0 bridgehead atoms. The van der Waals surface area contributed by atoms with Crippen molar-refractivity contribution in [1.29, 1.82) is 0 Å². The SMILES string of the molecule is CC1CCN(CCCCNC(=O)NC2CCN(C)CC2)CC1. The van der Waals surface area contributed by atoms with Gasteiger partial charge in [-0.05, 0) is 84.2 Å². The first-order chi connectivity index (χ1) is 10.6. The average Bonchev–Trinajstić information content (AvgIpc) is 2.51. The minimum absolute atomic E-state index is 0.0151. The van der Waals surface area contributed by atoms with E-state index in [9.17, 15) is 4.79 Å². The topological polar surface area (TPSA) is 47.6 Å². The second-order valence-electron chi connectivity index (χ2n) is 7.21. The van der Waals surface area contributed by atoms with Gasteiger partial charge in [-0.3, -0.25) is 0 Å². The molecule has 2 rings (SSSR count). The van der Waals surface area contributed by atoms with Gasteiger partial charge in [-0.15, -0.1) is 0 Å². The molecule has 128 valence electrons. The molecule has 0 radical (unpaired) electrons. The van der Waals surface area contributed by atoms with Gasteiger partial charge in [0.05, 0.1) is 0 Å². The molecule has 0 aliphatic carbocycles. The maximum absolute atomic E-state index is 11.8. The molecule has 0 aromatic heterocycles. The third kappa shape index (κ3) is 6.53. The first-order valence-corrected chi connectivity index (χ1v) is 9.09. The van der Waals surface area contributed by atoms with Crippen LogP contribution in [0.5, 0.6) is 0 Å². The minimum atomic E-state index is 0.0151. The molecule has 2 aliphatic heterocycles. The van der Waals surface area contributed by atoms with Crippen molar-refractivity contribution in [2.75, 3.05) is 46.3 Å². The highest BCUT2D eigenvalue weighted by molar-refractivity contribution is 5.74. The van der Waals surface area contributed by atoms with Gasteiger partial charge in [0.2, 0.25) is 0 Å². The zero-order chi connectivity index (χ0) is 15.8. The number of urea groups is 1. The summed E-state index contributed by atoms with van der Waals surface area (Å²) < 4.78 is 0.